The summed E-state index contributed by atoms with van der Waals surface area (Å²) in [7, 11) is 4.08. The van der Waals surface area contributed by atoms with Gasteiger partial charge in [-0.2, -0.15) is 5.10 Å². The zero-order valence-electron chi connectivity index (χ0n) is 19.1. The lowest BCUT2D eigenvalue weighted by Gasteiger charge is -2.21. The van der Waals surface area contributed by atoms with Gasteiger partial charge in [-0.1, -0.05) is 0 Å². The Morgan fingerprint density at radius 2 is 2.03 bits per heavy atom. The second kappa shape index (κ2) is 8.66. The van der Waals surface area contributed by atoms with E-state index in [9.17, 15) is 0 Å². The molecule has 1 N–H and O–H groups in total. The lowest BCUT2D eigenvalue weighted by molar-refractivity contribution is 0.200. The van der Waals surface area contributed by atoms with Crippen molar-refractivity contribution in [1.29, 1.82) is 0 Å². The second-order valence-electron chi connectivity index (χ2n) is 8.74. The van der Waals surface area contributed by atoms with Crippen LogP contribution in [0.1, 0.15) is 12.8 Å². The average Bonchev–Trinajstić information content (AvgIpc) is 3.58. The molecule has 0 unspecified atom stereocenters. The number of likely N-dealkylation sites (tertiary alicyclic amines) is 1. The summed E-state index contributed by atoms with van der Waals surface area (Å²) in [6.45, 7) is 1.74. The highest BCUT2D eigenvalue weighted by molar-refractivity contribution is 7.16. The first-order valence-corrected chi connectivity index (χ1v) is 12.2. The summed E-state index contributed by atoms with van der Waals surface area (Å²) < 4.78 is 9.41. The fourth-order valence-electron chi connectivity index (χ4n) is 4.54. The average molecular weight is 472 g/mol. The second-order valence-corrected chi connectivity index (χ2v) is 9.63. The van der Waals surface area contributed by atoms with Gasteiger partial charge in [0.15, 0.2) is 0 Å². The zero-order valence-corrected chi connectivity index (χ0v) is 19.9. The van der Waals surface area contributed by atoms with E-state index < -0.39 is 0 Å². The standard InChI is InChI=1S/C25H25N7OS/c1-31-7-3-4-19(31)13-33-22-9-16(17-11-29-32(2)12-17)8-21-24(22)25(27-14-26-21)30-18-5-6-20-23(10-18)34-15-28-20/h5-6,8-12,14-15,19H,3-4,7,13H2,1-2H3,(H,26,27,30)/t19-/m1/s1. The van der Waals surface area contributed by atoms with Crippen LogP contribution >= 0.6 is 11.3 Å². The van der Waals surface area contributed by atoms with Crippen LogP contribution in [0, 0.1) is 0 Å². The Labute approximate surface area is 201 Å². The van der Waals surface area contributed by atoms with E-state index in [1.807, 2.05) is 37.1 Å². The summed E-state index contributed by atoms with van der Waals surface area (Å²) in [5.74, 6) is 1.50. The molecular formula is C25H25N7OS. The lowest BCUT2D eigenvalue weighted by atomic mass is 10.1. The van der Waals surface area contributed by atoms with Crippen molar-refractivity contribution in [3.05, 3.63) is 54.6 Å². The van der Waals surface area contributed by atoms with Crippen molar-refractivity contribution in [3.8, 4) is 16.9 Å². The number of rotatable bonds is 6. The fraction of sp³-hybridized carbons (Fsp3) is 0.280. The Kier molecular flexibility index (Phi) is 5.35. The van der Waals surface area contributed by atoms with Crippen molar-refractivity contribution in [3.63, 3.8) is 0 Å². The minimum Gasteiger partial charge on any atom is -0.491 e. The third-order valence-electron chi connectivity index (χ3n) is 6.44. The normalized spacial score (nSPS) is 16.5. The van der Waals surface area contributed by atoms with Crippen LogP contribution in [0.25, 0.3) is 32.2 Å². The minimum atomic E-state index is 0.409. The minimum absolute atomic E-state index is 0.409. The third kappa shape index (κ3) is 3.97. The molecule has 1 saturated heterocycles. The van der Waals surface area contributed by atoms with E-state index in [-0.39, 0.29) is 0 Å². The van der Waals surface area contributed by atoms with Gasteiger partial charge in [0, 0.05) is 30.5 Å². The van der Waals surface area contributed by atoms with E-state index in [1.54, 1.807) is 22.3 Å². The van der Waals surface area contributed by atoms with Gasteiger partial charge in [0.1, 0.15) is 24.5 Å². The molecular weight excluding hydrogens is 446 g/mol. The highest BCUT2D eigenvalue weighted by Crippen LogP contribution is 2.37. The van der Waals surface area contributed by atoms with Crippen molar-refractivity contribution >= 4 is 44.0 Å². The molecule has 34 heavy (non-hydrogen) atoms. The van der Waals surface area contributed by atoms with Crippen LogP contribution in [0.4, 0.5) is 11.5 Å². The molecule has 4 heterocycles. The number of likely N-dealkylation sites (N-methyl/N-ethyl adjacent to an activating group) is 1. The largest absolute Gasteiger partial charge is 0.491 e. The predicted molar refractivity (Wildman–Crippen MR) is 136 cm³/mol. The van der Waals surface area contributed by atoms with Crippen LogP contribution in [0.2, 0.25) is 0 Å². The van der Waals surface area contributed by atoms with Crippen molar-refractivity contribution in [2.24, 2.45) is 7.05 Å². The molecule has 1 atom stereocenters. The number of hydrogen-bond acceptors (Lipinski definition) is 8. The molecule has 0 radical (unpaired) electrons. The van der Waals surface area contributed by atoms with E-state index in [0.29, 0.717) is 12.6 Å². The van der Waals surface area contributed by atoms with Crippen molar-refractivity contribution in [2.45, 2.75) is 18.9 Å². The first-order chi connectivity index (χ1) is 16.6. The maximum atomic E-state index is 6.48. The highest BCUT2D eigenvalue weighted by atomic mass is 32.1. The van der Waals surface area contributed by atoms with Gasteiger partial charge < -0.3 is 15.0 Å². The van der Waals surface area contributed by atoms with Crippen LogP contribution in [-0.4, -0.2) is 55.9 Å². The molecule has 6 rings (SSSR count). The number of nitrogens with zero attached hydrogens (tertiary/aromatic N) is 6. The molecule has 1 aliphatic heterocycles. The summed E-state index contributed by atoms with van der Waals surface area (Å²) in [4.78, 5) is 15.9. The Balaban J connectivity index is 1.42. The number of ether oxygens (including phenoxy) is 1. The Morgan fingerprint density at radius 1 is 1.09 bits per heavy atom. The maximum absolute atomic E-state index is 6.48. The molecule has 9 heteroatoms. The number of hydrogen-bond donors (Lipinski definition) is 1. The van der Waals surface area contributed by atoms with Gasteiger partial charge in [-0.05, 0) is 62.3 Å². The van der Waals surface area contributed by atoms with Gasteiger partial charge in [-0.3, -0.25) is 4.68 Å². The van der Waals surface area contributed by atoms with Crippen LogP contribution in [-0.2, 0) is 7.05 Å². The number of nitrogens with one attached hydrogen (secondary N) is 1. The molecule has 0 aliphatic carbocycles. The first-order valence-electron chi connectivity index (χ1n) is 11.3. The van der Waals surface area contributed by atoms with Crippen molar-refractivity contribution in [2.75, 3.05) is 25.5 Å². The molecule has 1 aliphatic rings. The molecule has 8 nitrogen and oxygen atoms in total. The van der Waals surface area contributed by atoms with Gasteiger partial charge in [0.05, 0.1) is 32.8 Å². The van der Waals surface area contributed by atoms with Crippen LogP contribution in [0.15, 0.2) is 54.6 Å². The van der Waals surface area contributed by atoms with Gasteiger partial charge >= 0.3 is 0 Å². The highest BCUT2D eigenvalue weighted by Gasteiger charge is 2.22. The molecule has 0 amide bonds. The van der Waals surface area contributed by atoms with E-state index >= 15 is 0 Å². The van der Waals surface area contributed by atoms with Gasteiger partial charge in [-0.15, -0.1) is 11.3 Å². The number of benzene rings is 2. The Bertz CT molecular complexity index is 1480. The Morgan fingerprint density at radius 3 is 2.85 bits per heavy atom. The van der Waals surface area contributed by atoms with Crippen molar-refractivity contribution in [1.82, 2.24) is 29.6 Å². The van der Waals surface area contributed by atoms with Gasteiger partial charge in [0.25, 0.3) is 0 Å². The third-order valence-corrected chi connectivity index (χ3v) is 7.23. The molecule has 1 fully saturated rings. The van der Waals surface area contributed by atoms with Crippen LogP contribution in [0.3, 0.4) is 0 Å². The predicted octanol–water partition coefficient (Wildman–Crippen LogP) is 4.86. The van der Waals surface area contributed by atoms with E-state index in [4.69, 9.17) is 4.74 Å². The topological polar surface area (TPSA) is 81.0 Å². The molecule has 3 aromatic heterocycles. The monoisotopic (exact) mass is 471 g/mol. The quantitative estimate of drug-likeness (QED) is 0.379. The molecule has 2 aromatic carbocycles. The summed E-state index contributed by atoms with van der Waals surface area (Å²) in [6.07, 6.45) is 7.81. The molecule has 5 aromatic rings. The number of anilines is 2. The number of thiazole rings is 1. The first kappa shape index (κ1) is 21.0. The molecule has 0 bridgehead atoms. The lowest BCUT2D eigenvalue weighted by Crippen LogP contribution is -2.30. The SMILES string of the molecule is CN1CCC[C@@H]1COc1cc(-c2cnn(C)c2)cc2ncnc(Nc3ccc4ncsc4c3)c12. The summed E-state index contributed by atoms with van der Waals surface area (Å²) >= 11 is 1.62. The number of aromatic nitrogens is 5. The van der Waals surface area contributed by atoms with Gasteiger partial charge in [0.2, 0.25) is 0 Å². The summed E-state index contributed by atoms with van der Waals surface area (Å²) in [5.41, 5.74) is 6.68. The zero-order chi connectivity index (χ0) is 23.1. The number of fused-ring (bicyclic) bond motifs is 2. The summed E-state index contributed by atoms with van der Waals surface area (Å²) in [5, 5.41) is 8.70. The van der Waals surface area contributed by atoms with E-state index in [0.717, 1.165) is 62.5 Å². The molecule has 172 valence electrons. The van der Waals surface area contributed by atoms with E-state index in [1.165, 1.54) is 6.42 Å². The van der Waals surface area contributed by atoms with Crippen LogP contribution in [0.5, 0.6) is 5.75 Å². The maximum Gasteiger partial charge on any atom is 0.145 e. The van der Waals surface area contributed by atoms with E-state index in [2.05, 4.69) is 55.5 Å². The fourth-order valence-corrected chi connectivity index (χ4v) is 5.26. The smallest absolute Gasteiger partial charge is 0.145 e. The van der Waals surface area contributed by atoms with Crippen molar-refractivity contribution < 1.29 is 4.74 Å². The van der Waals surface area contributed by atoms with Gasteiger partial charge in [-0.25, -0.2) is 15.0 Å². The molecule has 0 saturated carbocycles. The van der Waals surface area contributed by atoms with Crippen LogP contribution < -0.4 is 10.1 Å². The summed E-state index contributed by atoms with van der Waals surface area (Å²) in [6, 6.07) is 10.7. The number of aryl methyl sites for hydroxylation is 1. The molecule has 0 spiro atoms. The Hall–Kier alpha value is -3.56.